The van der Waals surface area contributed by atoms with Crippen LogP contribution in [0.3, 0.4) is 0 Å². The van der Waals surface area contributed by atoms with Crippen molar-refractivity contribution >= 4 is 11.9 Å². The summed E-state index contributed by atoms with van der Waals surface area (Å²) in [6.45, 7) is 3.91. The van der Waals surface area contributed by atoms with Crippen molar-refractivity contribution in [1.82, 2.24) is 4.98 Å². The fourth-order valence-electron chi connectivity index (χ4n) is 1.47. The van der Waals surface area contributed by atoms with Crippen LogP contribution in [0.25, 0.3) is 0 Å². The van der Waals surface area contributed by atoms with Crippen molar-refractivity contribution < 1.29 is 4.39 Å². The van der Waals surface area contributed by atoms with Crippen molar-refractivity contribution in [3.63, 3.8) is 0 Å². The molecule has 1 aromatic heterocycles. The third-order valence-electron chi connectivity index (χ3n) is 2.50. The van der Waals surface area contributed by atoms with E-state index in [1.54, 1.807) is 18.3 Å². The van der Waals surface area contributed by atoms with Gasteiger partial charge in [-0.05, 0) is 49.7 Å². The van der Waals surface area contributed by atoms with Crippen molar-refractivity contribution in [2.75, 3.05) is 5.43 Å². The first-order chi connectivity index (χ1) is 8.65. The van der Waals surface area contributed by atoms with Gasteiger partial charge in [-0.1, -0.05) is 6.07 Å². The number of aryl methyl sites for hydroxylation is 2. The van der Waals surface area contributed by atoms with Crippen molar-refractivity contribution in [3.05, 3.63) is 59.2 Å². The Morgan fingerprint density at radius 2 is 1.83 bits per heavy atom. The number of aromatic nitrogens is 1. The summed E-state index contributed by atoms with van der Waals surface area (Å²) in [6, 6.07) is 9.98. The molecule has 0 saturated carbocycles. The highest BCUT2D eigenvalue weighted by Gasteiger charge is 1.96. The van der Waals surface area contributed by atoms with Gasteiger partial charge >= 0.3 is 0 Å². The van der Waals surface area contributed by atoms with E-state index >= 15 is 0 Å². The molecule has 4 heteroatoms. The maximum atomic E-state index is 12.7. The molecule has 1 aromatic carbocycles. The second-order valence-corrected chi connectivity index (χ2v) is 4.03. The van der Waals surface area contributed by atoms with E-state index in [0.717, 1.165) is 22.6 Å². The first-order valence-electron chi connectivity index (χ1n) is 5.64. The predicted octanol–water partition coefficient (Wildman–Crippen LogP) is 3.28. The molecule has 0 amide bonds. The number of nitrogens with zero attached hydrogens (tertiary/aromatic N) is 2. The minimum atomic E-state index is -0.263. The zero-order valence-electron chi connectivity index (χ0n) is 10.3. The molecule has 0 atom stereocenters. The summed E-state index contributed by atoms with van der Waals surface area (Å²) < 4.78 is 12.7. The molecular formula is C14H14FN3. The number of nitrogens with one attached hydrogen (secondary N) is 1. The summed E-state index contributed by atoms with van der Waals surface area (Å²) >= 11 is 0. The van der Waals surface area contributed by atoms with Gasteiger partial charge in [0.1, 0.15) is 5.82 Å². The van der Waals surface area contributed by atoms with Crippen molar-refractivity contribution in [3.8, 4) is 0 Å². The van der Waals surface area contributed by atoms with Crippen LogP contribution in [0.4, 0.5) is 10.1 Å². The lowest BCUT2D eigenvalue weighted by atomic mass is 10.2. The number of benzene rings is 1. The van der Waals surface area contributed by atoms with Crippen LogP contribution in [-0.4, -0.2) is 11.2 Å². The minimum Gasteiger partial charge on any atom is -0.278 e. The normalized spacial score (nSPS) is 10.8. The van der Waals surface area contributed by atoms with Gasteiger partial charge in [-0.2, -0.15) is 5.10 Å². The van der Waals surface area contributed by atoms with Crippen LogP contribution >= 0.6 is 0 Å². The number of hydrazone groups is 1. The highest BCUT2D eigenvalue weighted by molar-refractivity contribution is 5.79. The fourth-order valence-corrected chi connectivity index (χ4v) is 1.47. The van der Waals surface area contributed by atoms with Crippen LogP contribution in [-0.2, 0) is 0 Å². The predicted molar refractivity (Wildman–Crippen MR) is 71.3 cm³/mol. The van der Waals surface area contributed by atoms with Gasteiger partial charge in [0.15, 0.2) is 0 Å². The second kappa shape index (κ2) is 5.40. The molecule has 0 fully saturated rings. The lowest BCUT2D eigenvalue weighted by Crippen LogP contribution is -1.97. The Morgan fingerprint density at radius 1 is 1.11 bits per heavy atom. The Bertz CT molecular complexity index is 562. The Hall–Kier alpha value is -2.23. The van der Waals surface area contributed by atoms with Crippen LogP contribution in [0.1, 0.15) is 17.0 Å². The molecule has 0 radical (unpaired) electrons. The Balaban J connectivity index is 2.07. The standard InChI is InChI=1S/C14H14FN3/c1-10-3-4-11(2)17-14(10)9-16-18-13-7-5-12(15)6-8-13/h3-9,18H,1-2H3/b16-9+. The SMILES string of the molecule is Cc1ccc(C)c(/C=N/Nc2ccc(F)cc2)n1. The van der Waals surface area contributed by atoms with Gasteiger partial charge in [-0.25, -0.2) is 4.39 Å². The molecule has 2 rings (SSSR count). The zero-order chi connectivity index (χ0) is 13.0. The number of halogens is 1. The molecule has 0 aliphatic heterocycles. The number of rotatable bonds is 3. The highest BCUT2D eigenvalue weighted by atomic mass is 19.1. The Morgan fingerprint density at radius 3 is 2.56 bits per heavy atom. The smallest absolute Gasteiger partial charge is 0.123 e. The van der Waals surface area contributed by atoms with Crippen molar-refractivity contribution in [1.29, 1.82) is 0 Å². The molecule has 18 heavy (non-hydrogen) atoms. The van der Waals surface area contributed by atoms with Gasteiger partial charge in [-0.3, -0.25) is 10.4 Å². The summed E-state index contributed by atoms with van der Waals surface area (Å²) in [4.78, 5) is 4.37. The van der Waals surface area contributed by atoms with Crippen LogP contribution in [0, 0.1) is 19.7 Å². The molecule has 1 heterocycles. The Labute approximate surface area is 105 Å². The fraction of sp³-hybridized carbons (Fsp3) is 0.143. The summed E-state index contributed by atoms with van der Waals surface area (Å²) in [7, 11) is 0. The topological polar surface area (TPSA) is 37.3 Å². The molecule has 1 N–H and O–H groups in total. The average molecular weight is 243 g/mol. The van der Waals surface area contributed by atoms with E-state index in [-0.39, 0.29) is 5.82 Å². The maximum absolute atomic E-state index is 12.7. The summed E-state index contributed by atoms with van der Waals surface area (Å²) in [5.74, 6) is -0.263. The third kappa shape index (κ3) is 3.13. The van der Waals surface area contributed by atoms with Gasteiger partial charge in [0.2, 0.25) is 0 Å². The molecular weight excluding hydrogens is 229 g/mol. The molecule has 92 valence electrons. The number of anilines is 1. The second-order valence-electron chi connectivity index (χ2n) is 4.03. The van der Waals surface area contributed by atoms with Crippen LogP contribution in [0.15, 0.2) is 41.5 Å². The lowest BCUT2D eigenvalue weighted by molar-refractivity contribution is 0.628. The van der Waals surface area contributed by atoms with E-state index in [1.807, 2.05) is 26.0 Å². The molecule has 0 saturated heterocycles. The molecule has 0 aliphatic rings. The molecule has 3 nitrogen and oxygen atoms in total. The zero-order valence-corrected chi connectivity index (χ0v) is 10.3. The van der Waals surface area contributed by atoms with Gasteiger partial charge in [0.25, 0.3) is 0 Å². The van der Waals surface area contributed by atoms with Crippen LogP contribution in [0.5, 0.6) is 0 Å². The average Bonchev–Trinajstić information content (AvgIpc) is 2.36. The first kappa shape index (κ1) is 12.2. The van der Waals surface area contributed by atoms with Crippen molar-refractivity contribution in [2.45, 2.75) is 13.8 Å². The molecule has 0 unspecified atom stereocenters. The number of pyridine rings is 1. The largest absolute Gasteiger partial charge is 0.278 e. The molecule has 2 aromatic rings. The van der Waals surface area contributed by atoms with Gasteiger partial charge < -0.3 is 0 Å². The van der Waals surface area contributed by atoms with E-state index in [4.69, 9.17) is 0 Å². The summed E-state index contributed by atoms with van der Waals surface area (Å²) in [5.41, 5.74) is 6.40. The van der Waals surface area contributed by atoms with Crippen LogP contribution < -0.4 is 5.43 Å². The molecule has 0 bridgehead atoms. The molecule has 0 aliphatic carbocycles. The quantitative estimate of drug-likeness (QED) is 0.663. The Kier molecular flexibility index (Phi) is 3.67. The number of hydrogen-bond donors (Lipinski definition) is 1. The summed E-state index contributed by atoms with van der Waals surface area (Å²) in [6.07, 6.45) is 1.66. The van der Waals surface area contributed by atoms with Crippen molar-refractivity contribution in [2.24, 2.45) is 5.10 Å². The maximum Gasteiger partial charge on any atom is 0.123 e. The third-order valence-corrected chi connectivity index (χ3v) is 2.50. The van der Waals surface area contributed by atoms with Gasteiger partial charge in [-0.15, -0.1) is 0 Å². The minimum absolute atomic E-state index is 0.263. The first-order valence-corrected chi connectivity index (χ1v) is 5.64. The van der Waals surface area contributed by atoms with E-state index < -0.39 is 0 Å². The van der Waals surface area contributed by atoms with E-state index in [2.05, 4.69) is 15.5 Å². The van der Waals surface area contributed by atoms with E-state index in [0.29, 0.717) is 0 Å². The van der Waals surface area contributed by atoms with E-state index in [9.17, 15) is 4.39 Å². The number of hydrogen-bond acceptors (Lipinski definition) is 3. The van der Waals surface area contributed by atoms with Crippen LogP contribution in [0.2, 0.25) is 0 Å². The molecule has 0 spiro atoms. The highest BCUT2D eigenvalue weighted by Crippen LogP contribution is 2.08. The van der Waals surface area contributed by atoms with Gasteiger partial charge in [0, 0.05) is 5.69 Å². The monoisotopic (exact) mass is 243 g/mol. The van der Waals surface area contributed by atoms with E-state index in [1.165, 1.54) is 12.1 Å². The summed E-state index contributed by atoms with van der Waals surface area (Å²) in [5, 5.41) is 4.08. The lowest BCUT2D eigenvalue weighted by Gasteiger charge is -2.01. The van der Waals surface area contributed by atoms with Gasteiger partial charge in [0.05, 0.1) is 17.6 Å².